The molecule has 0 unspecified atom stereocenters. The number of nitrogens with zero attached hydrogens (tertiary/aromatic N) is 4. The van der Waals surface area contributed by atoms with Crippen LogP contribution >= 0.6 is 0 Å². The molecular weight excluding hydrogens is 448 g/mol. The highest BCUT2D eigenvalue weighted by molar-refractivity contribution is 5.78. The van der Waals surface area contributed by atoms with Gasteiger partial charge in [-0.3, -0.25) is 23.5 Å². The van der Waals surface area contributed by atoms with E-state index in [0.717, 1.165) is 0 Å². The lowest BCUT2D eigenvalue weighted by Crippen LogP contribution is -2.27. The van der Waals surface area contributed by atoms with Crippen molar-refractivity contribution >= 4 is 27.8 Å². The fraction of sp³-hybridized carbons (Fsp3) is 0.192. The van der Waals surface area contributed by atoms with Crippen LogP contribution in [0.3, 0.4) is 0 Å². The molecule has 5 aromatic rings. The monoisotopic (exact) mass is 470 g/mol. The maximum Gasteiger partial charge on any atom is 0.306 e. The number of carbonyl (C=O) groups excluding carboxylic acids is 1. The maximum absolute atomic E-state index is 13.1. The Morgan fingerprint density at radius 3 is 2.23 bits per heavy atom. The van der Waals surface area contributed by atoms with Crippen LogP contribution in [0, 0.1) is 0 Å². The standard InChI is InChI=1S/C26H22N4O5/c1-29-22(27-20-10-4-2-8-18(20)25(29)32)12-13-24(31)35-16-23-28-21-11-5-3-9-19(21)26(33)30(23)15-17-7-6-14-34-17/h2-11,14H,12-13,15-16H2,1H3. The van der Waals surface area contributed by atoms with Crippen LogP contribution in [-0.2, 0) is 36.2 Å². The van der Waals surface area contributed by atoms with Gasteiger partial charge in [-0.15, -0.1) is 0 Å². The molecule has 0 atom stereocenters. The number of ether oxygens (including phenoxy) is 1. The quantitative estimate of drug-likeness (QED) is 0.336. The van der Waals surface area contributed by atoms with Crippen molar-refractivity contribution in [2.75, 3.05) is 0 Å². The molecule has 0 bridgehead atoms. The second-order valence-electron chi connectivity index (χ2n) is 8.09. The van der Waals surface area contributed by atoms with Gasteiger partial charge in [0.2, 0.25) is 0 Å². The molecule has 0 radical (unpaired) electrons. The highest BCUT2D eigenvalue weighted by atomic mass is 16.5. The molecule has 0 amide bonds. The number of aromatic nitrogens is 4. The topological polar surface area (TPSA) is 109 Å². The summed E-state index contributed by atoms with van der Waals surface area (Å²) >= 11 is 0. The predicted molar refractivity (Wildman–Crippen MR) is 129 cm³/mol. The summed E-state index contributed by atoms with van der Waals surface area (Å²) in [6.07, 6.45) is 1.79. The summed E-state index contributed by atoms with van der Waals surface area (Å²) in [6.45, 7) is -0.0105. The summed E-state index contributed by atoms with van der Waals surface area (Å²) in [5.41, 5.74) is 0.700. The molecule has 0 N–H and O–H groups in total. The molecule has 0 fully saturated rings. The molecule has 3 heterocycles. The van der Waals surface area contributed by atoms with Crippen molar-refractivity contribution < 1.29 is 13.9 Å². The third-order valence-electron chi connectivity index (χ3n) is 5.83. The number of para-hydroxylation sites is 2. The van der Waals surface area contributed by atoms with Crippen LogP contribution in [-0.4, -0.2) is 25.1 Å². The van der Waals surface area contributed by atoms with Gasteiger partial charge in [0.15, 0.2) is 5.82 Å². The minimum atomic E-state index is -0.487. The van der Waals surface area contributed by atoms with E-state index in [0.29, 0.717) is 39.2 Å². The number of hydrogen-bond acceptors (Lipinski definition) is 7. The van der Waals surface area contributed by atoms with Gasteiger partial charge >= 0.3 is 5.97 Å². The lowest BCUT2D eigenvalue weighted by Gasteiger charge is -2.13. The van der Waals surface area contributed by atoms with E-state index in [1.54, 1.807) is 61.6 Å². The van der Waals surface area contributed by atoms with Crippen molar-refractivity contribution in [3.63, 3.8) is 0 Å². The Hall–Kier alpha value is -4.53. The molecule has 0 aliphatic heterocycles. The largest absolute Gasteiger partial charge is 0.467 e. The molecule has 0 saturated heterocycles. The number of fused-ring (bicyclic) bond motifs is 2. The van der Waals surface area contributed by atoms with Crippen LogP contribution in [0.25, 0.3) is 21.8 Å². The van der Waals surface area contributed by atoms with Crippen molar-refractivity contribution in [3.8, 4) is 0 Å². The number of carbonyl (C=O) groups is 1. The van der Waals surface area contributed by atoms with Crippen molar-refractivity contribution in [1.29, 1.82) is 0 Å². The molecule has 3 aromatic heterocycles. The zero-order valence-electron chi connectivity index (χ0n) is 19.0. The fourth-order valence-electron chi connectivity index (χ4n) is 3.96. The van der Waals surface area contributed by atoms with Gasteiger partial charge in [-0.1, -0.05) is 24.3 Å². The number of rotatable bonds is 7. The van der Waals surface area contributed by atoms with Crippen LogP contribution in [0.5, 0.6) is 0 Å². The molecule has 2 aromatic carbocycles. The first-order valence-corrected chi connectivity index (χ1v) is 11.1. The minimum absolute atomic E-state index is 0.0224. The lowest BCUT2D eigenvalue weighted by atomic mass is 10.2. The molecule has 0 saturated carbocycles. The van der Waals surface area contributed by atoms with Crippen LogP contribution in [0.15, 0.2) is 80.9 Å². The summed E-state index contributed by atoms with van der Waals surface area (Å²) in [5, 5.41) is 0.996. The van der Waals surface area contributed by atoms with E-state index in [1.165, 1.54) is 15.4 Å². The average molecular weight is 470 g/mol. The molecular formula is C26H22N4O5. The van der Waals surface area contributed by atoms with Gasteiger partial charge in [0.1, 0.15) is 18.2 Å². The second-order valence-corrected chi connectivity index (χ2v) is 8.09. The van der Waals surface area contributed by atoms with E-state index in [9.17, 15) is 14.4 Å². The summed E-state index contributed by atoms with van der Waals surface area (Å²) in [5.74, 6) is 0.901. The first-order valence-electron chi connectivity index (χ1n) is 11.1. The third-order valence-corrected chi connectivity index (χ3v) is 5.83. The smallest absolute Gasteiger partial charge is 0.306 e. The number of benzene rings is 2. The van der Waals surface area contributed by atoms with E-state index in [1.807, 2.05) is 6.07 Å². The Morgan fingerprint density at radius 1 is 0.886 bits per heavy atom. The zero-order valence-corrected chi connectivity index (χ0v) is 19.0. The van der Waals surface area contributed by atoms with E-state index < -0.39 is 5.97 Å². The zero-order chi connectivity index (χ0) is 24.4. The van der Waals surface area contributed by atoms with E-state index in [-0.39, 0.29) is 37.1 Å². The van der Waals surface area contributed by atoms with Crippen molar-refractivity contribution in [1.82, 2.24) is 19.1 Å². The fourth-order valence-corrected chi connectivity index (χ4v) is 3.96. The first-order chi connectivity index (χ1) is 17.0. The van der Waals surface area contributed by atoms with Crippen molar-refractivity contribution in [2.45, 2.75) is 26.0 Å². The van der Waals surface area contributed by atoms with Gasteiger partial charge < -0.3 is 9.15 Å². The first kappa shape index (κ1) is 22.3. The van der Waals surface area contributed by atoms with Crippen LogP contribution in [0.4, 0.5) is 0 Å². The maximum atomic E-state index is 13.1. The highest BCUT2D eigenvalue weighted by Crippen LogP contribution is 2.13. The Kier molecular flexibility index (Phi) is 5.97. The number of hydrogen-bond donors (Lipinski definition) is 0. The van der Waals surface area contributed by atoms with E-state index in [4.69, 9.17) is 9.15 Å². The van der Waals surface area contributed by atoms with Gasteiger partial charge in [0, 0.05) is 13.5 Å². The molecule has 176 valence electrons. The normalized spacial score (nSPS) is 11.2. The Labute approximate surface area is 199 Å². The predicted octanol–water partition coefficient (Wildman–Crippen LogP) is 2.96. The number of esters is 1. The lowest BCUT2D eigenvalue weighted by molar-refractivity contribution is -0.145. The average Bonchev–Trinajstić information content (AvgIpc) is 3.39. The van der Waals surface area contributed by atoms with Crippen molar-refractivity contribution in [3.05, 3.63) is 105 Å². The van der Waals surface area contributed by atoms with E-state index in [2.05, 4.69) is 9.97 Å². The van der Waals surface area contributed by atoms with Gasteiger partial charge in [0.25, 0.3) is 11.1 Å². The molecule has 5 rings (SSSR count). The molecule has 9 heteroatoms. The Balaban J connectivity index is 1.34. The van der Waals surface area contributed by atoms with Crippen LogP contribution < -0.4 is 11.1 Å². The number of aryl methyl sites for hydroxylation is 1. The molecule has 35 heavy (non-hydrogen) atoms. The van der Waals surface area contributed by atoms with Crippen LogP contribution in [0.2, 0.25) is 0 Å². The molecule has 0 aliphatic carbocycles. The van der Waals surface area contributed by atoms with Gasteiger partial charge in [-0.2, -0.15) is 0 Å². The highest BCUT2D eigenvalue weighted by Gasteiger charge is 2.15. The minimum Gasteiger partial charge on any atom is -0.467 e. The molecule has 9 nitrogen and oxygen atoms in total. The summed E-state index contributed by atoms with van der Waals surface area (Å²) < 4.78 is 13.8. The summed E-state index contributed by atoms with van der Waals surface area (Å²) in [6, 6.07) is 17.6. The van der Waals surface area contributed by atoms with Crippen molar-refractivity contribution in [2.24, 2.45) is 7.05 Å². The second kappa shape index (κ2) is 9.38. The van der Waals surface area contributed by atoms with Gasteiger partial charge in [0.05, 0.1) is 41.0 Å². The Bertz CT molecular complexity index is 1650. The van der Waals surface area contributed by atoms with Crippen LogP contribution in [0.1, 0.15) is 23.8 Å². The Morgan fingerprint density at radius 2 is 1.54 bits per heavy atom. The van der Waals surface area contributed by atoms with Gasteiger partial charge in [-0.25, -0.2) is 9.97 Å². The summed E-state index contributed by atoms with van der Waals surface area (Å²) in [7, 11) is 1.63. The summed E-state index contributed by atoms with van der Waals surface area (Å²) in [4.78, 5) is 47.3. The number of furan rings is 1. The molecule has 0 aliphatic rings. The SMILES string of the molecule is Cn1c(CCC(=O)OCc2nc3ccccc3c(=O)n2Cc2ccco2)nc2ccccc2c1=O. The van der Waals surface area contributed by atoms with Gasteiger partial charge in [-0.05, 0) is 36.4 Å². The molecule has 0 spiro atoms. The third kappa shape index (κ3) is 4.48. The van der Waals surface area contributed by atoms with E-state index >= 15 is 0 Å².